The van der Waals surface area contributed by atoms with E-state index >= 15 is 0 Å². The van der Waals surface area contributed by atoms with E-state index in [4.69, 9.17) is 0 Å². The lowest BCUT2D eigenvalue weighted by Gasteiger charge is -2.29. The van der Waals surface area contributed by atoms with Crippen LogP contribution in [0.3, 0.4) is 0 Å². The van der Waals surface area contributed by atoms with E-state index in [9.17, 15) is 20.2 Å². The van der Waals surface area contributed by atoms with E-state index in [2.05, 4.69) is 6.58 Å². The molecule has 0 heterocycles. The quantitative estimate of drug-likeness (QED) is 0.452. The number of rotatable bonds is 6. The highest BCUT2D eigenvalue weighted by atomic mass is 16.6. The lowest BCUT2D eigenvalue weighted by Crippen LogP contribution is -2.32. The average Bonchev–Trinajstić information content (AvgIpc) is 2.37. The summed E-state index contributed by atoms with van der Waals surface area (Å²) < 4.78 is 0. The van der Waals surface area contributed by atoms with Crippen LogP contribution in [-0.4, -0.2) is 22.9 Å². The highest BCUT2D eigenvalue weighted by Crippen LogP contribution is 2.33. The van der Waals surface area contributed by atoms with Crippen molar-refractivity contribution in [1.82, 2.24) is 0 Å². The number of hydrogen-bond acceptors (Lipinski definition) is 5. The van der Waals surface area contributed by atoms with Gasteiger partial charge in [-0.3, -0.25) is 20.2 Å². The van der Waals surface area contributed by atoms with E-state index in [0.717, 1.165) is 18.1 Å². The highest BCUT2D eigenvalue weighted by Gasteiger charge is 2.25. The lowest BCUT2D eigenvalue weighted by molar-refractivity contribution is -0.393. The van der Waals surface area contributed by atoms with Crippen LogP contribution in [0.25, 0.3) is 0 Å². The van der Waals surface area contributed by atoms with Gasteiger partial charge in [0.05, 0.1) is 15.9 Å². The van der Waals surface area contributed by atoms with Crippen LogP contribution in [0.2, 0.25) is 0 Å². The fraction of sp³-hybridized carbons (Fsp3) is 0.385. The van der Waals surface area contributed by atoms with Gasteiger partial charge in [0, 0.05) is 19.2 Å². The number of nitro benzene ring substituents is 2. The molecule has 1 unspecified atom stereocenters. The van der Waals surface area contributed by atoms with Gasteiger partial charge in [0.2, 0.25) is 0 Å². The number of nitrogens with zero attached hydrogens (tertiary/aromatic N) is 3. The molecule has 1 aromatic carbocycles. The molecular formula is C13H17N3O4. The van der Waals surface area contributed by atoms with Crippen LogP contribution in [0.1, 0.15) is 20.3 Å². The predicted octanol–water partition coefficient (Wildman–Crippen LogP) is 3.29. The second-order valence-electron chi connectivity index (χ2n) is 4.57. The summed E-state index contributed by atoms with van der Waals surface area (Å²) in [6.45, 7) is 7.67. The van der Waals surface area contributed by atoms with Crippen molar-refractivity contribution in [3.05, 3.63) is 50.6 Å². The predicted molar refractivity (Wildman–Crippen MR) is 77.0 cm³/mol. The van der Waals surface area contributed by atoms with E-state index in [1.54, 1.807) is 11.9 Å². The smallest absolute Gasteiger partial charge is 0.299 e. The molecule has 1 atom stereocenters. The first-order valence-corrected chi connectivity index (χ1v) is 6.10. The van der Waals surface area contributed by atoms with Crippen LogP contribution in [0.5, 0.6) is 0 Å². The summed E-state index contributed by atoms with van der Waals surface area (Å²) in [6.07, 6.45) is 0.736. The Morgan fingerprint density at radius 1 is 1.35 bits per heavy atom. The Morgan fingerprint density at radius 2 is 1.95 bits per heavy atom. The van der Waals surface area contributed by atoms with Crippen molar-refractivity contribution in [2.75, 3.05) is 11.9 Å². The van der Waals surface area contributed by atoms with Crippen molar-refractivity contribution >= 4 is 17.1 Å². The monoisotopic (exact) mass is 279 g/mol. The van der Waals surface area contributed by atoms with Gasteiger partial charge in [0.25, 0.3) is 11.4 Å². The van der Waals surface area contributed by atoms with Crippen LogP contribution < -0.4 is 4.90 Å². The van der Waals surface area contributed by atoms with Crippen LogP contribution in [0, 0.1) is 20.2 Å². The summed E-state index contributed by atoms with van der Waals surface area (Å²) in [7, 11) is 1.72. The molecule has 7 heteroatoms. The third-order valence-corrected chi connectivity index (χ3v) is 3.17. The van der Waals surface area contributed by atoms with E-state index in [1.165, 1.54) is 12.1 Å². The van der Waals surface area contributed by atoms with Crippen LogP contribution in [-0.2, 0) is 0 Å². The van der Waals surface area contributed by atoms with Gasteiger partial charge < -0.3 is 4.90 Å². The third-order valence-electron chi connectivity index (χ3n) is 3.17. The Labute approximate surface area is 116 Å². The van der Waals surface area contributed by atoms with Crippen LogP contribution in [0.4, 0.5) is 17.1 Å². The number of likely N-dealkylation sites (N-methyl/N-ethyl adjacent to an activating group) is 1. The minimum atomic E-state index is -0.646. The molecule has 20 heavy (non-hydrogen) atoms. The molecule has 1 rings (SSSR count). The van der Waals surface area contributed by atoms with E-state index < -0.39 is 9.85 Å². The van der Waals surface area contributed by atoms with Crippen LogP contribution in [0.15, 0.2) is 30.4 Å². The molecule has 7 nitrogen and oxygen atoms in total. The van der Waals surface area contributed by atoms with Crippen molar-refractivity contribution in [2.24, 2.45) is 0 Å². The highest BCUT2D eigenvalue weighted by molar-refractivity contribution is 5.67. The second-order valence-corrected chi connectivity index (χ2v) is 4.57. The molecule has 0 spiro atoms. The maximum Gasteiger partial charge on any atom is 0.299 e. The summed E-state index contributed by atoms with van der Waals surface area (Å²) >= 11 is 0. The molecule has 108 valence electrons. The van der Waals surface area contributed by atoms with Gasteiger partial charge in [-0.05, 0) is 19.4 Å². The first-order chi connectivity index (χ1) is 9.29. The van der Waals surface area contributed by atoms with Gasteiger partial charge in [-0.25, -0.2) is 0 Å². The van der Waals surface area contributed by atoms with Gasteiger partial charge >= 0.3 is 0 Å². The molecule has 0 amide bonds. The molecule has 1 aromatic rings. The Kier molecular flexibility index (Phi) is 4.79. The van der Waals surface area contributed by atoms with Gasteiger partial charge in [-0.1, -0.05) is 19.1 Å². The first kappa shape index (κ1) is 15.6. The first-order valence-electron chi connectivity index (χ1n) is 6.10. The van der Waals surface area contributed by atoms with Crippen molar-refractivity contribution in [1.29, 1.82) is 0 Å². The second kappa shape index (κ2) is 6.14. The zero-order valence-corrected chi connectivity index (χ0v) is 11.7. The van der Waals surface area contributed by atoms with Crippen molar-refractivity contribution < 1.29 is 9.85 Å². The lowest BCUT2D eigenvalue weighted by atomic mass is 10.1. The van der Waals surface area contributed by atoms with Gasteiger partial charge in [0.1, 0.15) is 5.69 Å². The minimum absolute atomic E-state index is 0.0600. The third kappa shape index (κ3) is 3.11. The fourth-order valence-corrected chi connectivity index (χ4v) is 2.19. The zero-order valence-electron chi connectivity index (χ0n) is 11.7. The number of benzene rings is 1. The average molecular weight is 279 g/mol. The summed E-state index contributed by atoms with van der Waals surface area (Å²) in [5, 5.41) is 21.8. The van der Waals surface area contributed by atoms with E-state index in [0.29, 0.717) is 5.69 Å². The maximum atomic E-state index is 11.1. The number of non-ortho nitro benzene ring substituents is 1. The molecule has 0 saturated carbocycles. The Bertz CT molecular complexity index is 557. The van der Waals surface area contributed by atoms with Crippen LogP contribution >= 0.6 is 0 Å². The summed E-state index contributed by atoms with van der Waals surface area (Å²) in [6, 6.07) is 3.60. The molecule has 0 radical (unpaired) electrons. The number of anilines is 1. The standard InChI is InChI=1S/C13H17N3O4/c1-5-11(9(2)3)14(4)12-7-6-10(15(17)18)8-13(12)16(19)20/h6-8,11H,2,5H2,1,3-4H3. The SMILES string of the molecule is C=C(C)C(CC)N(C)c1ccc([N+](=O)[O-])cc1[N+](=O)[O-]. The zero-order chi connectivity index (χ0) is 15.4. The molecule has 0 N–H and O–H groups in total. The number of hydrogen-bond donors (Lipinski definition) is 0. The van der Waals surface area contributed by atoms with Crippen molar-refractivity contribution in [3.8, 4) is 0 Å². The topological polar surface area (TPSA) is 89.5 Å². The molecule has 0 saturated heterocycles. The van der Waals surface area contributed by atoms with E-state index in [-0.39, 0.29) is 17.4 Å². The molecule has 0 aliphatic heterocycles. The van der Waals surface area contributed by atoms with Crippen molar-refractivity contribution in [2.45, 2.75) is 26.3 Å². The summed E-state index contributed by atoms with van der Waals surface area (Å²) in [5.41, 5.74) is 0.650. The fourth-order valence-electron chi connectivity index (χ4n) is 2.19. The Hall–Kier alpha value is -2.44. The Balaban J connectivity index is 3.33. The Morgan fingerprint density at radius 3 is 2.35 bits per heavy atom. The van der Waals surface area contributed by atoms with Crippen molar-refractivity contribution in [3.63, 3.8) is 0 Å². The van der Waals surface area contributed by atoms with Gasteiger partial charge in [0.15, 0.2) is 0 Å². The minimum Gasteiger partial charge on any atom is -0.362 e. The maximum absolute atomic E-state index is 11.1. The molecule has 0 fully saturated rings. The van der Waals surface area contributed by atoms with Gasteiger partial charge in [-0.15, -0.1) is 0 Å². The molecular weight excluding hydrogens is 262 g/mol. The number of nitro groups is 2. The normalized spacial score (nSPS) is 11.8. The summed E-state index contributed by atoms with van der Waals surface area (Å²) in [5.74, 6) is 0. The molecule has 0 aliphatic rings. The molecule has 0 aliphatic carbocycles. The van der Waals surface area contributed by atoms with E-state index in [1.807, 2.05) is 13.8 Å². The molecule has 0 aromatic heterocycles. The summed E-state index contributed by atoms with van der Waals surface area (Å²) in [4.78, 5) is 22.3. The molecule has 0 bridgehead atoms. The largest absolute Gasteiger partial charge is 0.362 e. The van der Waals surface area contributed by atoms with Gasteiger partial charge in [-0.2, -0.15) is 0 Å².